The van der Waals surface area contributed by atoms with Gasteiger partial charge in [0.15, 0.2) is 0 Å². The Hall–Kier alpha value is -3.42. The van der Waals surface area contributed by atoms with Crippen molar-refractivity contribution < 1.29 is 24.2 Å². The Morgan fingerprint density at radius 1 is 1.07 bits per heavy atom. The molecule has 0 aliphatic carbocycles. The number of carboxylic acid groups (broad SMARTS) is 1. The Morgan fingerprint density at radius 3 is 2.21 bits per heavy atom. The molecule has 8 heteroatoms. The van der Waals surface area contributed by atoms with Gasteiger partial charge < -0.3 is 20.5 Å². The predicted octanol–water partition coefficient (Wildman–Crippen LogP) is 2.85. The standard InChI is InChI=1S/C20H23N3O5/c1-20(2,3)28-19(27)23-16(12-13-8-10-21-11-9-13)17(24)22-15-6-4-14(5-7-15)18(25)26/h4-11,16H,12H2,1-3H3,(H,22,24)(H,23,27)(H,25,26). The first-order valence-electron chi connectivity index (χ1n) is 8.67. The molecule has 2 amide bonds. The highest BCUT2D eigenvalue weighted by Gasteiger charge is 2.25. The number of hydrogen-bond acceptors (Lipinski definition) is 5. The van der Waals surface area contributed by atoms with E-state index in [2.05, 4.69) is 15.6 Å². The van der Waals surface area contributed by atoms with Crippen LogP contribution in [0.1, 0.15) is 36.7 Å². The molecule has 1 unspecified atom stereocenters. The van der Waals surface area contributed by atoms with Crippen LogP contribution >= 0.6 is 0 Å². The summed E-state index contributed by atoms with van der Waals surface area (Å²) in [6.45, 7) is 5.19. The highest BCUT2D eigenvalue weighted by atomic mass is 16.6. The molecule has 2 aromatic rings. The number of rotatable bonds is 6. The van der Waals surface area contributed by atoms with Gasteiger partial charge in [0, 0.05) is 24.5 Å². The smallest absolute Gasteiger partial charge is 0.408 e. The molecule has 8 nitrogen and oxygen atoms in total. The fourth-order valence-corrected chi connectivity index (χ4v) is 2.34. The van der Waals surface area contributed by atoms with E-state index in [1.165, 1.54) is 24.3 Å². The molecular formula is C20H23N3O5. The molecule has 1 atom stereocenters. The molecule has 2 rings (SSSR count). The number of benzene rings is 1. The Balaban J connectivity index is 2.13. The minimum atomic E-state index is -1.06. The Labute approximate surface area is 162 Å². The molecule has 0 fully saturated rings. The molecule has 1 aromatic heterocycles. The number of ether oxygens (including phenoxy) is 1. The SMILES string of the molecule is CC(C)(C)OC(=O)NC(Cc1ccncc1)C(=O)Nc1ccc(C(=O)O)cc1. The molecule has 0 radical (unpaired) electrons. The van der Waals surface area contributed by atoms with Crippen molar-refractivity contribution in [3.05, 3.63) is 59.9 Å². The van der Waals surface area contributed by atoms with Crippen LogP contribution in [0.4, 0.5) is 10.5 Å². The summed E-state index contributed by atoms with van der Waals surface area (Å²) in [5, 5.41) is 14.2. The number of carboxylic acids is 1. The van der Waals surface area contributed by atoms with Gasteiger partial charge in [-0.1, -0.05) is 0 Å². The number of anilines is 1. The third-order valence-corrected chi connectivity index (χ3v) is 3.60. The summed E-state index contributed by atoms with van der Waals surface area (Å²) in [6, 6.07) is 8.35. The van der Waals surface area contributed by atoms with Gasteiger partial charge in [-0.05, 0) is 62.7 Å². The summed E-state index contributed by atoms with van der Waals surface area (Å²) in [4.78, 5) is 39.7. The highest BCUT2D eigenvalue weighted by Crippen LogP contribution is 2.12. The van der Waals surface area contributed by atoms with Crippen LogP contribution in [0.15, 0.2) is 48.8 Å². The molecule has 148 valence electrons. The maximum Gasteiger partial charge on any atom is 0.408 e. The summed E-state index contributed by atoms with van der Waals surface area (Å²) in [5.41, 5.74) is 0.639. The van der Waals surface area contributed by atoms with E-state index in [0.29, 0.717) is 5.69 Å². The molecule has 0 saturated heterocycles. The van der Waals surface area contributed by atoms with Gasteiger partial charge in [0.1, 0.15) is 11.6 Å². The maximum atomic E-state index is 12.7. The van der Waals surface area contributed by atoms with Crippen molar-refractivity contribution >= 4 is 23.7 Å². The summed E-state index contributed by atoms with van der Waals surface area (Å²) in [6.07, 6.45) is 2.73. The van der Waals surface area contributed by atoms with Crippen molar-refractivity contribution in [2.75, 3.05) is 5.32 Å². The number of amides is 2. The normalized spacial score (nSPS) is 12.0. The molecule has 0 aliphatic heterocycles. The van der Waals surface area contributed by atoms with Crippen LogP contribution in [0.5, 0.6) is 0 Å². The van der Waals surface area contributed by atoms with E-state index in [9.17, 15) is 14.4 Å². The predicted molar refractivity (Wildman–Crippen MR) is 103 cm³/mol. The lowest BCUT2D eigenvalue weighted by atomic mass is 10.1. The van der Waals surface area contributed by atoms with Crippen molar-refractivity contribution in [1.29, 1.82) is 0 Å². The first-order chi connectivity index (χ1) is 13.1. The zero-order valence-electron chi connectivity index (χ0n) is 15.9. The molecule has 0 spiro atoms. The number of hydrogen-bond donors (Lipinski definition) is 3. The van der Waals surface area contributed by atoms with Crippen LogP contribution in [-0.4, -0.2) is 39.7 Å². The van der Waals surface area contributed by atoms with E-state index in [-0.39, 0.29) is 12.0 Å². The number of carbonyl (C=O) groups excluding carboxylic acids is 2. The molecule has 3 N–H and O–H groups in total. The van der Waals surface area contributed by atoms with Crippen molar-refractivity contribution in [3.63, 3.8) is 0 Å². The third-order valence-electron chi connectivity index (χ3n) is 3.60. The second kappa shape index (κ2) is 8.98. The number of pyridine rings is 1. The number of aromatic nitrogens is 1. The summed E-state index contributed by atoms with van der Waals surface area (Å²) >= 11 is 0. The van der Waals surface area contributed by atoms with Gasteiger partial charge in [-0.3, -0.25) is 9.78 Å². The largest absolute Gasteiger partial charge is 0.478 e. The Bertz CT molecular complexity index is 829. The fourth-order valence-electron chi connectivity index (χ4n) is 2.34. The van der Waals surface area contributed by atoms with Crippen LogP contribution in [0.2, 0.25) is 0 Å². The van der Waals surface area contributed by atoms with Crippen LogP contribution in [0, 0.1) is 0 Å². The van der Waals surface area contributed by atoms with E-state index in [1.807, 2.05) is 0 Å². The zero-order valence-corrected chi connectivity index (χ0v) is 15.9. The van der Waals surface area contributed by atoms with Gasteiger partial charge in [-0.25, -0.2) is 9.59 Å². The molecule has 28 heavy (non-hydrogen) atoms. The first kappa shape index (κ1) is 20.9. The first-order valence-corrected chi connectivity index (χ1v) is 8.67. The van der Waals surface area contributed by atoms with Gasteiger partial charge in [-0.2, -0.15) is 0 Å². The zero-order chi connectivity index (χ0) is 20.7. The molecule has 0 saturated carbocycles. The maximum absolute atomic E-state index is 12.7. The quantitative estimate of drug-likeness (QED) is 0.704. The van der Waals surface area contributed by atoms with Gasteiger partial charge in [0.25, 0.3) is 0 Å². The average Bonchev–Trinajstić information content (AvgIpc) is 2.61. The lowest BCUT2D eigenvalue weighted by Gasteiger charge is -2.23. The average molecular weight is 385 g/mol. The second-order valence-electron chi connectivity index (χ2n) is 7.13. The van der Waals surface area contributed by atoms with Gasteiger partial charge in [-0.15, -0.1) is 0 Å². The van der Waals surface area contributed by atoms with E-state index in [1.54, 1.807) is 45.3 Å². The van der Waals surface area contributed by atoms with Crippen molar-refractivity contribution in [2.45, 2.75) is 38.8 Å². The minimum Gasteiger partial charge on any atom is -0.478 e. The number of aromatic carboxylic acids is 1. The van der Waals surface area contributed by atoms with Crippen LogP contribution in [0.25, 0.3) is 0 Å². The number of alkyl carbamates (subject to hydrolysis) is 1. The molecule has 0 aliphatic rings. The van der Waals surface area contributed by atoms with Crippen molar-refractivity contribution in [1.82, 2.24) is 10.3 Å². The molecule has 1 aromatic carbocycles. The van der Waals surface area contributed by atoms with E-state index < -0.39 is 29.6 Å². The van der Waals surface area contributed by atoms with E-state index in [4.69, 9.17) is 9.84 Å². The van der Waals surface area contributed by atoms with Gasteiger partial charge in [0.05, 0.1) is 5.56 Å². The number of nitrogens with zero attached hydrogens (tertiary/aromatic N) is 1. The van der Waals surface area contributed by atoms with Gasteiger partial charge in [0.2, 0.25) is 5.91 Å². The summed E-state index contributed by atoms with van der Waals surface area (Å²) in [7, 11) is 0. The van der Waals surface area contributed by atoms with Crippen molar-refractivity contribution in [2.24, 2.45) is 0 Å². The Morgan fingerprint density at radius 2 is 1.68 bits per heavy atom. The monoisotopic (exact) mass is 385 g/mol. The topological polar surface area (TPSA) is 118 Å². The van der Waals surface area contributed by atoms with Gasteiger partial charge >= 0.3 is 12.1 Å². The van der Waals surface area contributed by atoms with Crippen LogP contribution in [-0.2, 0) is 16.0 Å². The second-order valence-corrected chi connectivity index (χ2v) is 7.13. The molecule has 0 bridgehead atoms. The van der Waals surface area contributed by atoms with E-state index in [0.717, 1.165) is 5.56 Å². The molecule has 1 heterocycles. The number of nitrogens with one attached hydrogen (secondary N) is 2. The van der Waals surface area contributed by atoms with Crippen molar-refractivity contribution in [3.8, 4) is 0 Å². The lowest BCUT2D eigenvalue weighted by Crippen LogP contribution is -2.47. The fraction of sp³-hybridized carbons (Fsp3) is 0.300. The summed E-state index contributed by atoms with van der Waals surface area (Å²) < 4.78 is 5.24. The lowest BCUT2D eigenvalue weighted by molar-refractivity contribution is -0.118. The Kier molecular flexibility index (Phi) is 6.70. The highest BCUT2D eigenvalue weighted by molar-refractivity contribution is 5.97. The van der Waals surface area contributed by atoms with Crippen LogP contribution in [0.3, 0.4) is 0 Å². The number of carbonyl (C=O) groups is 3. The molecular weight excluding hydrogens is 362 g/mol. The van der Waals surface area contributed by atoms with E-state index >= 15 is 0 Å². The van der Waals surface area contributed by atoms with Crippen LogP contribution < -0.4 is 10.6 Å². The minimum absolute atomic E-state index is 0.109. The third kappa shape index (κ3) is 6.71. The summed E-state index contributed by atoms with van der Waals surface area (Å²) in [5.74, 6) is -1.51.